The van der Waals surface area contributed by atoms with Crippen molar-refractivity contribution in [3.8, 4) is 0 Å². The number of hydrogen-bond donors (Lipinski definition) is 4. The predicted octanol–water partition coefficient (Wildman–Crippen LogP) is 1.26. The highest BCUT2D eigenvalue weighted by molar-refractivity contribution is 5.68. The molecule has 0 atom stereocenters. The first kappa shape index (κ1) is 20.0. The van der Waals surface area contributed by atoms with E-state index < -0.39 is 5.60 Å². The van der Waals surface area contributed by atoms with E-state index in [-0.39, 0.29) is 6.09 Å². The third kappa shape index (κ3) is 4.56. The fourth-order valence-corrected chi connectivity index (χ4v) is 3.30. The van der Waals surface area contributed by atoms with E-state index in [0.29, 0.717) is 24.7 Å². The van der Waals surface area contributed by atoms with E-state index in [1.807, 2.05) is 20.8 Å². The second kappa shape index (κ2) is 7.70. The molecule has 0 radical (unpaired) electrons. The summed E-state index contributed by atoms with van der Waals surface area (Å²) < 4.78 is 5.32. The van der Waals surface area contributed by atoms with Crippen LogP contribution in [0.5, 0.6) is 0 Å². The summed E-state index contributed by atoms with van der Waals surface area (Å²) >= 11 is 0. The summed E-state index contributed by atoms with van der Waals surface area (Å²) in [5, 5.41) is 13.7. The first-order valence-corrected chi connectivity index (χ1v) is 9.43. The van der Waals surface area contributed by atoms with E-state index in [1.165, 1.54) is 11.3 Å². The Morgan fingerprint density at radius 1 is 1.00 bits per heavy atom. The number of ether oxygens (including phenoxy) is 1. The zero-order valence-electron chi connectivity index (χ0n) is 17.0. The zero-order valence-corrected chi connectivity index (χ0v) is 17.0. The monoisotopic (exact) mass is 390 g/mol. The van der Waals surface area contributed by atoms with Gasteiger partial charge in [-0.15, -0.1) is 0 Å². The normalized spacial score (nSPS) is 16.6. The molecule has 2 aliphatic heterocycles. The summed E-state index contributed by atoms with van der Waals surface area (Å²) in [5.41, 5.74) is 15.2. The van der Waals surface area contributed by atoms with Gasteiger partial charge in [-0.05, 0) is 40.7 Å². The molecular formula is C18H30N8O2. The SMILES string of the molecule is CC(C)(C)OC(=O)N1CCc2c(N)n[nH]c2C1.CN1CCc2c(N)n[nH]c2C1. The van der Waals surface area contributed by atoms with Crippen LogP contribution in [0.1, 0.15) is 43.3 Å². The number of rotatable bonds is 0. The minimum atomic E-state index is -0.468. The molecule has 0 saturated heterocycles. The van der Waals surface area contributed by atoms with Gasteiger partial charge in [0.05, 0.1) is 17.9 Å². The lowest BCUT2D eigenvalue weighted by atomic mass is 10.1. The predicted molar refractivity (Wildman–Crippen MR) is 106 cm³/mol. The summed E-state index contributed by atoms with van der Waals surface area (Å²) in [7, 11) is 2.10. The number of nitrogens with one attached hydrogen (secondary N) is 2. The molecule has 10 heteroatoms. The quantitative estimate of drug-likeness (QED) is 0.530. The van der Waals surface area contributed by atoms with Crippen LogP contribution in [0, 0.1) is 0 Å². The third-order valence-electron chi connectivity index (χ3n) is 4.77. The number of anilines is 2. The summed E-state index contributed by atoms with van der Waals surface area (Å²) in [6, 6.07) is 0. The largest absolute Gasteiger partial charge is 0.444 e. The Morgan fingerprint density at radius 2 is 1.54 bits per heavy atom. The lowest BCUT2D eigenvalue weighted by Crippen LogP contribution is -2.39. The highest BCUT2D eigenvalue weighted by Crippen LogP contribution is 2.23. The highest BCUT2D eigenvalue weighted by Gasteiger charge is 2.27. The van der Waals surface area contributed by atoms with Crippen molar-refractivity contribution >= 4 is 17.7 Å². The maximum Gasteiger partial charge on any atom is 0.410 e. The van der Waals surface area contributed by atoms with Crippen molar-refractivity contribution in [2.75, 3.05) is 31.6 Å². The number of H-pyrrole nitrogens is 2. The molecule has 10 nitrogen and oxygen atoms in total. The lowest BCUT2D eigenvalue weighted by Gasteiger charge is -2.29. The highest BCUT2D eigenvalue weighted by atomic mass is 16.6. The molecule has 0 aromatic carbocycles. The Labute approximate surface area is 164 Å². The number of likely N-dealkylation sites (N-methyl/N-ethyl adjacent to an activating group) is 1. The van der Waals surface area contributed by atoms with E-state index >= 15 is 0 Å². The van der Waals surface area contributed by atoms with E-state index in [4.69, 9.17) is 16.2 Å². The fraction of sp³-hybridized carbons (Fsp3) is 0.611. The average molecular weight is 390 g/mol. The van der Waals surface area contributed by atoms with Crippen LogP contribution in [-0.4, -0.2) is 62.0 Å². The summed E-state index contributed by atoms with van der Waals surface area (Å²) in [6.45, 7) is 8.69. The second-order valence-electron chi connectivity index (χ2n) is 8.27. The first-order chi connectivity index (χ1) is 13.1. The molecule has 0 bridgehead atoms. The lowest BCUT2D eigenvalue weighted by molar-refractivity contribution is 0.0221. The second-order valence-corrected chi connectivity index (χ2v) is 8.27. The van der Waals surface area contributed by atoms with Crippen molar-refractivity contribution in [2.24, 2.45) is 0 Å². The maximum absolute atomic E-state index is 11.9. The van der Waals surface area contributed by atoms with Crippen molar-refractivity contribution in [2.45, 2.75) is 52.3 Å². The Bertz CT molecular complexity index is 835. The number of fused-ring (bicyclic) bond motifs is 2. The van der Waals surface area contributed by atoms with Crippen molar-refractivity contribution in [1.29, 1.82) is 0 Å². The summed E-state index contributed by atoms with van der Waals surface area (Å²) in [4.78, 5) is 15.8. The van der Waals surface area contributed by atoms with Gasteiger partial charge in [-0.2, -0.15) is 10.2 Å². The van der Waals surface area contributed by atoms with Crippen LogP contribution < -0.4 is 11.5 Å². The summed E-state index contributed by atoms with van der Waals surface area (Å²) in [5.74, 6) is 1.21. The number of carbonyl (C=O) groups excluding carboxylic acids is 1. The molecule has 28 heavy (non-hydrogen) atoms. The Hall–Kier alpha value is -2.75. The minimum Gasteiger partial charge on any atom is -0.444 e. The topological polar surface area (TPSA) is 142 Å². The number of nitrogen functional groups attached to an aromatic ring is 2. The number of hydrogen-bond acceptors (Lipinski definition) is 7. The standard InChI is InChI=1S/C11H18N4O2.C7H12N4/c1-11(2,3)17-10(16)15-5-4-7-8(6-15)13-14-9(7)12;1-11-3-2-5-6(4-11)9-10-7(5)8/h4-6H2,1-3H3,(H3,12,13,14);2-4H2,1H3,(H3,8,9,10). The number of aromatic amines is 2. The van der Waals surface area contributed by atoms with Gasteiger partial charge in [0.25, 0.3) is 0 Å². The molecule has 0 spiro atoms. The smallest absolute Gasteiger partial charge is 0.410 e. The maximum atomic E-state index is 11.9. The number of aromatic nitrogens is 4. The number of amides is 1. The van der Waals surface area contributed by atoms with Crippen LogP contribution in [-0.2, 0) is 30.7 Å². The van der Waals surface area contributed by atoms with Gasteiger partial charge in [-0.1, -0.05) is 0 Å². The molecule has 2 aromatic rings. The average Bonchev–Trinajstić information content (AvgIpc) is 3.17. The summed E-state index contributed by atoms with van der Waals surface area (Å²) in [6.07, 6.45) is 1.45. The number of nitrogens with zero attached hydrogens (tertiary/aromatic N) is 4. The molecular weight excluding hydrogens is 360 g/mol. The van der Waals surface area contributed by atoms with Gasteiger partial charge in [-0.3, -0.25) is 10.2 Å². The number of nitrogens with two attached hydrogens (primary N) is 2. The van der Waals surface area contributed by atoms with Gasteiger partial charge in [0.1, 0.15) is 17.2 Å². The van der Waals surface area contributed by atoms with Crippen LogP contribution in [0.3, 0.4) is 0 Å². The molecule has 6 N–H and O–H groups in total. The van der Waals surface area contributed by atoms with Crippen molar-refractivity contribution < 1.29 is 9.53 Å². The van der Waals surface area contributed by atoms with Crippen LogP contribution in [0.15, 0.2) is 0 Å². The molecule has 4 rings (SSSR count). The van der Waals surface area contributed by atoms with E-state index in [9.17, 15) is 4.79 Å². The van der Waals surface area contributed by atoms with Gasteiger partial charge in [0.2, 0.25) is 0 Å². The molecule has 2 aromatic heterocycles. The Balaban J connectivity index is 0.000000176. The molecule has 0 fully saturated rings. The van der Waals surface area contributed by atoms with E-state index in [0.717, 1.165) is 37.2 Å². The van der Waals surface area contributed by atoms with E-state index in [1.54, 1.807) is 4.90 Å². The Kier molecular flexibility index (Phi) is 5.50. The third-order valence-corrected chi connectivity index (χ3v) is 4.77. The number of carbonyl (C=O) groups is 1. The minimum absolute atomic E-state index is 0.295. The molecule has 4 heterocycles. The van der Waals surface area contributed by atoms with Gasteiger partial charge in [0.15, 0.2) is 0 Å². The molecule has 154 valence electrons. The van der Waals surface area contributed by atoms with Crippen molar-refractivity contribution in [3.63, 3.8) is 0 Å². The first-order valence-electron chi connectivity index (χ1n) is 9.43. The Morgan fingerprint density at radius 3 is 2.11 bits per heavy atom. The van der Waals surface area contributed by atoms with Gasteiger partial charge in [-0.25, -0.2) is 4.79 Å². The van der Waals surface area contributed by atoms with Crippen LogP contribution in [0.4, 0.5) is 16.4 Å². The van der Waals surface area contributed by atoms with Gasteiger partial charge < -0.3 is 26.0 Å². The molecule has 1 amide bonds. The molecule has 0 unspecified atom stereocenters. The van der Waals surface area contributed by atoms with Gasteiger partial charge >= 0.3 is 6.09 Å². The molecule has 0 aliphatic carbocycles. The van der Waals surface area contributed by atoms with E-state index in [2.05, 4.69) is 32.3 Å². The van der Waals surface area contributed by atoms with Gasteiger partial charge in [0, 0.05) is 30.8 Å². The van der Waals surface area contributed by atoms with Crippen molar-refractivity contribution in [1.82, 2.24) is 30.2 Å². The van der Waals surface area contributed by atoms with Crippen LogP contribution in [0.2, 0.25) is 0 Å². The fourth-order valence-electron chi connectivity index (χ4n) is 3.30. The zero-order chi connectivity index (χ0) is 20.5. The van der Waals surface area contributed by atoms with Crippen molar-refractivity contribution in [3.05, 3.63) is 22.5 Å². The molecule has 2 aliphatic rings. The molecule has 0 saturated carbocycles. The van der Waals surface area contributed by atoms with Crippen LogP contribution >= 0.6 is 0 Å². The van der Waals surface area contributed by atoms with Crippen LogP contribution in [0.25, 0.3) is 0 Å².